The third kappa shape index (κ3) is 4.55. The maximum Gasteiger partial charge on any atom is 0.143 e. The molecule has 8 aromatic carbocycles. The summed E-state index contributed by atoms with van der Waals surface area (Å²) in [5.41, 5.74) is 5.78. The van der Waals surface area contributed by atoms with Crippen molar-refractivity contribution in [3.63, 3.8) is 0 Å². The van der Waals surface area contributed by atoms with E-state index in [-0.39, 0.29) is 35.4 Å². The van der Waals surface area contributed by atoms with Crippen LogP contribution in [0.15, 0.2) is 180 Å². The van der Waals surface area contributed by atoms with E-state index in [1.807, 2.05) is 120 Å². The summed E-state index contributed by atoms with van der Waals surface area (Å²) in [5, 5.41) is 5.93. The predicted molar refractivity (Wildman–Crippen MR) is 210 cm³/mol. The fraction of sp³-hybridized carbons (Fsp3) is 0. The third-order valence-corrected chi connectivity index (χ3v) is 10.5. The van der Waals surface area contributed by atoms with Crippen molar-refractivity contribution >= 4 is 81.3 Å². The van der Waals surface area contributed by atoms with Crippen LogP contribution >= 0.6 is 11.3 Å². The Hall–Kier alpha value is -6.16. The van der Waals surface area contributed by atoms with E-state index in [0.717, 1.165) is 64.1 Å². The molecule has 0 saturated carbocycles. The van der Waals surface area contributed by atoms with Gasteiger partial charge in [-0.15, -0.1) is 11.3 Å². The highest BCUT2D eigenvalue weighted by Crippen LogP contribution is 2.47. The molecule has 0 N–H and O–H groups in total. The summed E-state index contributed by atoms with van der Waals surface area (Å²) < 4.78 is 47.2. The normalized spacial score (nSPS) is 12.8. The molecule has 0 fully saturated rings. The van der Waals surface area contributed by atoms with Crippen LogP contribution in [0.2, 0.25) is 0 Å². The summed E-state index contributed by atoms with van der Waals surface area (Å²) in [6, 6.07) is 49.8. The van der Waals surface area contributed by atoms with Gasteiger partial charge in [0.15, 0.2) is 0 Å². The van der Waals surface area contributed by atoms with Gasteiger partial charge in [-0.25, -0.2) is 0 Å². The number of hydrogen-bond donors (Lipinski definition) is 0. The Morgan fingerprint density at radius 3 is 2.12 bits per heavy atom. The van der Waals surface area contributed by atoms with Crippen LogP contribution in [0.5, 0.6) is 0 Å². The molecular weight excluding hydrogens is 615 g/mol. The molecule has 0 unspecified atom stereocenters. The number of para-hydroxylation sites is 1. The van der Waals surface area contributed by atoms with Gasteiger partial charge in [-0.3, -0.25) is 0 Å². The smallest absolute Gasteiger partial charge is 0.143 e. The van der Waals surface area contributed by atoms with Gasteiger partial charge < -0.3 is 9.32 Å². The number of rotatable bonds is 5. The number of thiophene rings is 1. The first-order chi connectivity index (χ1) is 26.0. The van der Waals surface area contributed by atoms with Crippen LogP contribution in [0, 0.1) is 0 Å². The van der Waals surface area contributed by atoms with Gasteiger partial charge in [-0.05, 0) is 76.6 Å². The minimum Gasteiger partial charge on any atom is -0.455 e. The summed E-state index contributed by atoms with van der Waals surface area (Å²) in [6.45, 7) is 0. The molecule has 10 rings (SSSR count). The second-order valence-electron chi connectivity index (χ2n) is 12.2. The minimum absolute atomic E-state index is 0.0997. The maximum absolute atomic E-state index is 9.68. The van der Waals surface area contributed by atoms with Crippen molar-refractivity contribution in [2.75, 3.05) is 4.90 Å². The molecule has 49 heavy (non-hydrogen) atoms. The maximum atomic E-state index is 9.68. The Kier molecular flexibility index (Phi) is 5.51. The summed E-state index contributed by atoms with van der Waals surface area (Å²) in [5.74, 6) is 0. The number of hydrogen-bond acceptors (Lipinski definition) is 3. The first-order valence-electron chi connectivity index (χ1n) is 18.3. The van der Waals surface area contributed by atoms with Crippen LogP contribution in [-0.2, 0) is 0 Å². The van der Waals surface area contributed by atoms with Gasteiger partial charge in [0, 0.05) is 42.2 Å². The van der Waals surface area contributed by atoms with E-state index < -0.39 is 0 Å². The van der Waals surface area contributed by atoms with Crippen molar-refractivity contribution in [1.82, 2.24) is 0 Å². The first-order valence-corrected chi connectivity index (χ1v) is 17.1. The predicted octanol–water partition coefficient (Wildman–Crippen LogP) is 13.9. The van der Waals surface area contributed by atoms with Gasteiger partial charge in [0.05, 0.1) is 22.2 Å². The Balaban J connectivity index is 1.27. The summed E-state index contributed by atoms with van der Waals surface area (Å²) in [7, 11) is 0. The molecule has 3 heteroatoms. The van der Waals surface area contributed by atoms with Gasteiger partial charge in [-0.2, -0.15) is 0 Å². The fourth-order valence-electron chi connectivity index (χ4n) is 7.07. The lowest BCUT2D eigenvalue weighted by Gasteiger charge is -2.28. The zero-order valence-electron chi connectivity index (χ0n) is 30.2. The summed E-state index contributed by atoms with van der Waals surface area (Å²) in [6.07, 6.45) is 0. The van der Waals surface area contributed by atoms with E-state index in [1.54, 1.807) is 11.3 Å². The molecule has 2 nitrogen and oxygen atoms in total. The van der Waals surface area contributed by atoms with Crippen molar-refractivity contribution in [3.8, 4) is 22.3 Å². The monoisotopic (exact) mass is 647 g/mol. The van der Waals surface area contributed by atoms with Crippen molar-refractivity contribution in [2.24, 2.45) is 0 Å². The molecule has 0 aliphatic heterocycles. The zero-order chi connectivity index (χ0) is 35.8. The number of benzene rings is 8. The Bertz CT molecular complexity index is 3050. The van der Waals surface area contributed by atoms with Crippen molar-refractivity contribution in [3.05, 3.63) is 176 Å². The van der Waals surface area contributed by atoms with Gasteiger partial charge in [0.2, 0.25) is 0 Å². The van der Waals surface area contributed by atoms with Crippen LogP contribution in [-0.4, -0.2) is 0 Å². The number of furan rings is 1. The topological polar surface area (TPSA) is 16.4 Å². The molecule has 0 amide bonds. The fourth-order valence-corrected chi connectivity index (χ4v) is 8.15. The Morgan fingerprint density at radius 1 is 0.490 bits per heavy atom. The van der Waals surface area contributed by atoms with Gasteiger partial charge in [0.25, 0.3) is 0 Å². The number of fused-ring (bicyclic) bond motifs is 8. The second-order valence-corrected chi connectivity index (χ2v) is 13.3. The highest BCUT2D eigenvalue weighted by atomic mass is 32.1. The molecule has 0 spiro atoms. The highest BCUT2D eigenvalue weighted by molar-refractivity contribution is 7.25. The van der Waals surface area contributed by atoms with E-state index in [0.29, 0.717) is 16.8 Å². The second kappa shape index (κ2) is 11.2. The molecule has 0 radical (unpaired) electrons. The van der Waals surface area contributed by atoms with Crippen LogP contribution in [0.4, 0.5) is 17.1 Å². The average molecular weight is 648 g/mol. The van der Waals surface area contributed by atoms with E-state index in [4.69, 9.17) is 4.42 Å². The molecule has 2 aromatic heterocycles. The van der Waals surface area contributed by atoms with Crippen LogP contribution in [0.1, 0.15) is 5.48 Å². The zero-order valence-corrected chi connectivity index (χ0v) is 27.0. The molecule has 0 atom stereocenters. The largest absolute Gasteiger partial charge is 0.455 e. The quantitative estimate of drug-likeness (QED) is 0.185. The lowest BCUT2D eigenvalue weighted by Crippen LogP contribution is -2.11. The third-order valence-electron chi connectivity index (χ3n) is 9.34. The Morgan fingerprint density at radius 2 is 1.22 bits per heavy atom. The van der Waals surface area contributed by atoms with Gasteiger partial charge in [-0.1, -0.05) is 121 Å². The van der Waals surface area contributed by atoms with Crippen LogP contribution in [0.25, 0.3) is 75.1 Å². The molecule has 2 heterocycles. The Labute approximate surface area is 293 Å². The lowest BCUT2D eigenvalue weighted by atomic mass is 9.99. The van der Waals surface area contributed by atoms with E-state index in [2.05, 4.69) is 36.4 Å². The highest BCUT2D eigenvalue weighted by Gasteiger charge is 2.22. The van der Waals surface area contributed by atoms with Gasteiger partial charge >= 0.3 is 0 Å². The molecule has 10 aromatic rings. The standard InChI is InChI=1S/C46H29NOS/c1-2-11-31(12-3-1)35-14-6-8-17-40(35)47(41-18-10-19-42-45(41)38-27-23-32-13-4-5-15-36(32)46(38)48-42)34-25-21-30(22-26-34)33-24-28-44-39(29-33)37-16-7-9-20-43(37)49-44/h1-29H/i21D,22D,25D,26D. The van der Waals surface area contributed by atoms with Crippen LogP contribution < -0.4 is 4.90 Å². The van der Waals surface area contributed by atoms with Crippen molar-refractivity contribution in [1.29, 1.82) is 0 Å². The molecule has 230 valence electrons. The summed E-state index contributed by atoms with van der Waals surface area (Å²) >= 11 is 1.70. The average Bonchev–Trinajstić information content (AvgIpc) is 3.78. The van der Waals surface area contributed by atoms with E-state index in [9.17, 15) is 5.48 Å². The molecular formula is C46H29NOS. The molecule has 0 bridgehead atoms. The van der Waals surface area contributed by atoms with E-state index >= 15 is 0 Å². The van der Waals surface area contributed by atoms with Crippen molar-refractivity contribution in [2.45, 2.75) is 0 Å². The first kappa shape index (κ1) is 24.1. The SMILES string of the molecule is [2H]c1c([2H])c(N(c2ccccc2-c2ccccc2)c2cccc3oc4c5ccccc5ccc4c23)c([2H])c([2H])c1-c1ccc2sc3ccccc3c2c1. The molecule has 0 aliphatic rings. The molecule has 0 saturated heterocycles. The minimum atomic E-state index is -0.130. The van der Waals surface area contributed by atoms with E-state index in [1.165, 1.54) is 0 Å². The lowest BCUT2D eigenvalue weighted by molar-refractivity contribution is 0.672. The number of nitrogens with zero attached hydrogens (tertiary/aromatic N) is 1. The van der Waals surface area contributed by atoms with Gasteiger partial charge in [0.1, 0.15) is 11.2 Å². The summed E-state index contributed by atoms with van der Waals surface area (Å²) in [4.78, 5) is 1.90. The molecule has 0 aliphatic carbocycles. The number of anilines is 3. The van der Waals surface area contributed by atoms with Crippen LogP contribution in [0.3, 0.4) is 0 Å². The van der Waals surface area contributed by atoms with Crippen molar-refractivity contribution < 1.29 is 9.90 Å².